The Balaban J connectivity index is 2.08. The summed E-state index contributed by atoms with van der Waals surface area (Å²) in [6.07, 6.45) is 2.21. The molecule has 4 radical (unpaired) electrons. The molecule has 2 aromatic heterocycles. The molecular weight excluding hydrogens is 341 g/mol. The highest BCUT2D eigenvalue weighted by Gasteiger charge is 2.27. The van der Waals surface area contributed by atoms with Crippen LogP contribution in [-0.4, -0.2) is 37.6 Å². The first-order valence-corrected chi connectivity index (χ1v) is 7.55. The summed E-state index contributed by atoms with van der Waals surface area (Å²) in [5.41, 5.74) is 1.13. The van der Waals surface area contributed by atoms with E-state index in [1.54, 1.807) is 12.1 Å². The van der Waals surface area contributed by atoms with Gasteiger partial charge in [0.05, 0.1) is 29.0 Å². The minimum Gasteiger partial charge on any atom is -0.494 e. The smallest absolute Gasteiger partial charge is 0.333 e. The molecule has 0 unspecified atom stereocenters. The summed E-state index contributed by atoms with van der Waals surface area (Å²) in [4.78, 5) is 4.39. The Labute approximate surface area is 150 Å². The normalized spacial score (nSPS) is 11.7. The van der Waals surface area contributed by atoms with Gasteiger partial charge in [0.1, 0.15) is 17.3 Å². The molecule has 0 aliphatic heterocycles. The van der Waals surface area contributed by atoms with Crippen LogP contribution in [0.2, 0.25) is 0 Å². The second-order valence-corrected chi connectivity index (χ2v) is 5.61. The van der Waals surface area contributed by atoms with Crippen molar-refractivity contribution in [3.8, 4) is 17.0 Å². The summed E-state index contributed by atoms with van der Waals surface area (Å²) in [6.45, 7) is -2.81. The standard InChI is InChI=1S/C17H12B2F3N3O/c1-26-13-5-6-14(24-15(13)10-3-2-4-12(20)7-10)17(18,19)11-8-23-25(9-11)16(21)22/h2-9,16H,1H3. The summed E-state index contributed by atoms with van der Waals surface area (Å²) >= 11 is 0. The van der Waals surface area contributed by atoms with E-state index in [9.17, 15) is 13.2 Å². The van der Waals surface area contributed by atoms with Crippen molar-refractivity contribution in [2.45, 2.75) is 11.8 Å². The molecular formula is C17H12B2F3N3O. The van der Waals surface area contributed by atoms with Gasteiger partial charge in [0.25, 0.3) is 0 Å². The molecule has 0 spiro atoms. The molecule has 3 rings (SSSR count). The van der Waals surface area contributed by atoms with E-state index in [0.29, 0.717) is 21.7 Å². The number of benzene rings is 1. The van der Waals surface area contributed by atoms with Crippen molar-refractivity contribution in [2.75, 3.05) is 7.11 Å². The Bertz CT molecular complexity index is 931. The molecule has 0 bridgehead atoms. The van der Waals surface area contributed by atoms with Crippen LogP contribution < -0.4 is 4.74 Å². The van der Waals surface area contributed by atoms with Crippen LogP contribution in [-0.2, 0) is 5.21 Å². The molecule has 0 saturated heterocycles. The molecule has 9 heteroatoms. The highest BCUT2D eigenvalue weighted by molar-refractivity contribution is 6.42. The highest BCUT2D eigenvalue weighted by atomic mass is 19.3. The summed E-state index contributed by atoms with van der Waals surface area (Å²) in [5.74, 6) is -0.0554. The van der Waals surface area contributed by atoms with Crippen LogP contribution in [0.3, 0.4) is 0 Å². The molecule has 4 nitrogen and oxygen atoms in total. The van der Waals surface area contributed by atoms with Crippen LogP contribution in [0.15, 0.2) is 48.8 Å². The first-order valence-electron chi connectivity index (χ1n) is 7.55. The SMILES string of the molecule is [B]C([B])(c1cnn(C(F)F)c1)c1ccc(OC)c(-c2cccc(F)c2)n1. The fourth-order valence-electron chi connectivity index (χ4n) is 2.49. The molecule has 0 fully saturated rings. The van der Waals surface area contributed by atoms with Gasteiger partial charge in [0, 0.05) is 17.5 Å². The number of alkyl halides is 2. The lowest BCUT2D eigenvalue weighted by Crippen LogP contribution is -2.29. The molecule has 2 heterocycles. The Morgan fingerprint density at radius 2 is 1.96 bits per heavy atom. The second kappa shape index (κ2) is 6.90. The summed E-state index contributed by atoms with van der Waals surface area (Å²) in [6, 6.07) is 8.87. The number of aromatic nitrogens is 3. The van der Waals surface area contributed by atoms with E-state index >= 15 is 0 Å². The fourth-order valence-corrected chi connectivity index (χ4v) is 2.49. The Morgan fingerprint density at radius 3 is 2.58 bits per heavy atom. The van der Waals surface area contributed by atoms with Crippen LogP contribution in [0.4, 0.5) is 13.2 Å². The molecule has 128 valence electrons. The van der Waals surface area contributed by atoms with Gasteiger partial charge < -0.3 is 4.74 Å². The number of pyridine rings is 1. The van der Waals surface area contributed by atoms with E-state index in [4.69, 9.17) is 20.4 Å². The van der Waals surface area contributed by atoms with Gasteiger partial charge >= 0.3 is 6.55 Å². The van der Waals surface area contributed by atoms with Crippen LogP contribution in [0.25, 0.3) is 11.3 Å². The van der Waals surface area contributed by atoms with Crippen molar-refractivity contribution in [1.82, 2.24) is 14.8 Å². The maximum Gasteiger partial charge on any atom is 0.333 e. The highest BCUT2D eigenvalue weighted by Crippen LogP contribution is 2.33. The van der Waals surface area contributed by atoms with Gasteiger partial charge in [-0.3, -0.25) is 0 Å². The zero-order valence-electron chi connectivity index (χ0n) is 13.7. The van der Waals surface area contributed by atoms with Gasteiger partial charge in [-0.1, -0.05) is 12.1 Å². The lowest BCUT2D eigenvalue weighted by molar-refractivity contribution is 0.0565. The van der Waals surface area contributed by atoms with Crippen molar-refractivity contribution in [2.24, 2.45) is 0 Å². The van der Waals surface area contributed by atoms with E-state index in [-0.39, 0.29) is 11.3 Å². The zero-order valence-corrected chi connectivity index (χ0v) is 13.7. The molecule has 0 saturated carbocycles. The van der Waals surface area contributed by atoms with E-state index in [1.807, 2.05) is 0 Å². The minimum atomic E-state index is -2.81. The van der Waals surface area contributed by atoms with Crippen LogP contribution in [0.1, 0.15) is 17.8 Å². The minimum absolute atomic E-state index is 0.153. The van der Waals surface area contributed by atoms with Gasteiger partial charge in [0.2, 0.25) is 0 Å². The number of halogens is 3. The zero-order chi connectivity index (χ0) is 18.9. The predicted octanol–water partition coefficient (Wildman–Crippen LogP) is 3.03. The third-order valence-corrected chi connectivity index (χ3v) is 3.88. The lowest BCUT2D eigenvalue weighted by Gasteiger charge is -2.25. The number of nitrogens with zero attached hydrogens (tertiary/aromatic N) is 3. The molecule has 0 amide bonds. The first-order chi connectivity index (χ1) is 12.3. The molecule has 0 aliphatic rings. The Morgan fingerprint density at radius 1 is 1.19 bits per heavy atom. The maximum atomic E-state index is 13.6. The van der Waals surface area contributed by atoms with Gasteiger partial charge in [-0.2, -0.15) is 13.9 Å². The average molecular weight is 353 g/mol. The van der Waals surface area contributed by atoms with Crippen LogP contribution in [0, 0.1) is 5.82 Å². The number of ether oxygens (including phenoxy) is 1. The Kier molecular flexibility index (Phi) is 4.80. The molecule has 26 heavy (non-hydrogen) atoms. The van der Waals surface area contributed by atoms with Gasteiger partial charge in [0.15, 0.2) is 0 Å². The Hall–Kier alpha value is -2.70. The van der Waals surface area contributed by atoms with Crippen molar-refractivity contribution in [1.29, 1.82) is 0 Å². The van der Waals surface area contributed by atoms with Gasteiger partial charge in [-0.05, 0) is 35.0 Å². The number of rotatable bonds is 5. The van der Waals surface area contributed by atoms with Gasteiger partial charge in [-0.15, -0.1) is 0 Å². The van der Waals surface area contributed by atoms with E-state index < -0.39 is 17.6 Å². The molecule has 0 atom stereocenters. The monoisotopic (exact) mass is 353 g/mol. The quantitative estimate of drug-likeness (QED) is 0.663. The number of hydrogen-bond donors (Lipinski definition) is 0. The van der Waals surface area contributed by atoms with E-state index in [0.717, 1.165) is 12.4 Å². The van der Waals surface area contributed by atoms with Gasteiger partial charge in [-0.25, -0.2) is 14.1 Å². The summed E-state index contributed by atoms with van der Waals surface area (Å²) in [7, 11) is 13.7. The van der Waals surface area contributed by atoms with E-state index in [2.05, 4.69) is 10.1 Å². The van der Waals surface area contributed by atoms with Crippen LogP contribution in [0.5, 0.6) is 5.75 Å². The second-order valence-electron chi connectivity index (χ2n) is 5.61. The molecule has 3 aromatic rings. The number of methoxy groups -OCH3 is 1. The lowest BCUT2D eigenvalue weighted by atomic mass is 9.50. The van der Waals surface area contributed by atoms with Crippen molar-refractivity contribution in [3.05, 3.63) is 65.9 Å². The molecule has 0 N–H and O–H groups in total. The van der Waals surface area contributed by atoms with Crippen molar-refractivity contribution >= 4 is 15.7 Å². The first kappa shape index (κ1) is 18.1. The largest absolute Gasteiger partial charge is 0.494 e. The average Bonchev–Trinajstić information content (AvgIpc) is 3.12. The third-order valence-electron chi connectivity index (χ3n) is 3.88. The molecule has 0 aliphatic carbocycles. The number of hydrogen-bond acceptors (Lipinski definition) is 3. The molecule has 1 aromatic carbocycles. The summed E-state index contributed by atoms with van der Waals surface area (Å²) in [5, 5.41) is 1.86. The van der Waals surface area contributed by atoms with Crippen molar-refractivity contribution < 1.29 is 17.9 Å². The van der Waals surface area contributed by atoms with Crippen LogP contribution >= 0.6 is 0 Å². The topological polar surface area (TPSA) is 39.9 Å². The fraction of sp³-hybridized carbons (Fsp3) is 0.176. The maximum absolute atomic E-state index is 13.6. The predicted molar refractivity (Wildman–Crippen MR) is 92.0 cm³/mol. The summed E-state index contributed by atoms with van der Waals surface area (Å²) < 4.78 is 44.8. The third kappa shape index (κ3) is 3.34. The van der Waals surface area contributed by atoms with Crippen molar-refractivity contribution in [3.63, 3.8) is 0 Å². The van der Waals surface area contributed by atoms with E-state index in [1.165, 1.54) is 31.4 Å².